The molecule has 90 valence electrons. The van der Waals surface area contributed by atoms with E-state index in [0.29, 0.717) is 10.7 Å². The van der Waals surface area contributed by atoms with Crippen LogP contribution in [-0.2, 0) is 0 Å². The summed E-state index contributed by atoms with van der Waals surface area (Å²) in [6.07, 6.45) is 1.37. The second-order valence-electron chi connectivity index (χ2n) is 3.49. The standard InChI is InChI=1S/C12H9ClN4O/c1-15-12(18)10-7-16-17(11(10)6-14)9-4-2-8(13)3-5-9/h2-5,7H,1H3,(H,15,18). The predicted octanol–water partition coefficient (Wildman–Crippen LogP) is 1.76. The summed E-state index contributed by atoms with van der Waals surface area (Å²) in [5.74, 6) is -0.341. The summed E-state index contributed by atoms with van der Waals surface area (Å²) < 4.78 is 1.40. The number of amides is 1. The van der Waals surface area contributed by atoms with Crippen LogP contribution in [0, 0.1) is 11.3 Å². The van der Waals surface area contributed by atoms with Crippen molar-refractivity contribution in [2.75, 3.05) is 7.05 Å². The lowest BCUT2D eigenvalue weighted by Crippen LogP contribution is -2.18. The highest BCUT2D eigenvalue weighted by atomic mass is 35.5. The largest absolute Gasteiger partial charge is 0.355 e. The van der Waals surface area contributed by atoms with Crippen molar-refractivity contribution in [2.24, 2.45) is 0 Å². The van der Waals surface area contributed by atoms with Crippen molar-refractivity contribution < 1.29 is 4.79 Å². The SMILES string of the molecule is CNC(=O)c1cnn(-c2ccc(Cl)cc2)c1C#N. The lowest BCUT2D eigenvalue weighted by atomic mass is 10.2. The molecule has 1 aromatic carbocycles. The predicted molar refractivity (Wildman–Crippen MR) is 66.7 cm³/mol. The van der Waals surface area contributed by atoms with Crippen LogP contribution in [0.3, 0.4) is 0 Å². The summed E-state index contributed by atoms with van der Waals surface area (Å²) >= 11 is 5.79. The summed E-state index contributed by atoms with van der Waals surface area (Å²) in [4.78, 5) is 11.6. The number of carbonyl (C=O) groups is 1. The van der Waals surface area contributed by atoms with Crippen molar-refractivity contribution in [2.45, 2.75) is 0 Å². The van der Waals surface area contributed by atoms with Gasteiger partial charge >= 0.3 is 0 Å². The molecule has 0 spiro atoms. The van der Waals surface area contributed by atoms with Gasteiger partial charge in [0, 0.05) is 12.1 Å². The van der Waals surface area contributed by atoms with Crippen LogP contribution in [0.25, 0.3) is 5.69 Å². The van der Waals surface area contributed by atoms with Crippen LogP contribution in [0.5, 0.6) is 0 Å². The van der Waals surface area contributed by atoms with Crippen molar-refractivity contribution in [1.82, 2.24) is 15.1 Å². The van der Waals surface area contributed by atoms with Crippen LogP contribution < -0.4 is 5.32 Å². The number of carbonyl (C=O) groups excluding carboxylic acids is 1. The first-order chi connectivity index (χ1) is 8.67. The van der Waals surface area contributed by atoms with Crippen molar-refractivity contribution in [1.29, 1.82) is 5.26 Å². The van der Waals surface area contributed by atoms with Gasteiger partial charge in [-0.05, 0) is 24.3 Å². The Bertz CT molecular complexity index is 625. The molecule has 1 amide bonds. The van der Waals surface area contributed by atoms with Gasteiger partial charge in [0.15, 0.2) is 5.69 Å². The van der Waals surface area contributed by atoms with Gasteiger partial charge in [-0.3, -0.25) is 4.79 Å². The average molecular weight is 261 g/mol. The molecule has 0 aliphatic heterocycles. The van der Waals surface area contributed by atoms with E-state index in [1.165, 1.54) is 17.9 Å². The van der Waals surface area contributed by atoms with Crippen LogP contribution in [0.2, 0.25) is 5.02 Å². The molecule has 0 bridgehead atoms. The van der Waals surface area contributed by atoms with Gasteiger partial charge < -0.3 is 5.32 Å². The van der Waals surface area contributed by atoms with Gasteiger partial charge in [-0.25, -0.2) is 4.68 Å². The van der Waals surface area contributed by atoms with Crippen LogP contribution >= 0.6 is 11.6 Å². The molecule has 1 N–H and O–H groups in total. The molecular formula is C12H9ClN4O. The summed E-state index contributed by atoms with van der Waals surface area (Å²) in [5, 5.41) is 16.2. The molecule has 2 aromatic rings. The van der Waals surface area contributed by atoms with E-state index in [4.69, 9.17) is 16.9 Å². The minimum absolute atomic E-state index is 0.191. The Labute approximate surface area is 109 Å². The third-order valence-corrected chi connectivity index (χ3v) is 2.67. The van der Waals surface area contributed by atoms with E-state index in [0.717, 1.165) is 0 Å². The minimum atomic E-state index is -0.341. The number of nitrogens with zero attached hydrogens (tertiary/aromatic N) is 3. The van der Waals surface area contributed by atoms with Crippen LogP contribution in [0.15, 0.2) is 30.5 Å². The van der Waals surface area contributed by atoms with Gasteiger partial charge in [-0.2, -0.15) is 10.4 Å². The molecule has 0 saturated carbocycles. The first-order valence-electron chi connectivity index (χ1n) is 5.13. The van der Waals surface area contributed by atoms with Crippen molar-refractivity contribution in [3.05, 3.63) is 46.7 Å². The number of hydrogen-bond donors (Lipinski definition) is 1. The second kappa shape index (κ2) is 4.90. The lowest BCUT2D eigenvalue weighted by Gasteiger charge is -2.03. The first-order valence-corrected chi connectivity index (χ1v) is 5.51. The summed E-state index contributed by atoms with van der Waals surface area (Å²) in [5.41, 5.74) is 1.11. The maximum atomic E-state index is 11.6. The zero-order chi connectivity index (χ0) is 13.1. The molecule has 0 saturated heterocycles. The second-order valence-corrected chi connectivity index (χ2v) is 3.92. The minimum Gasteiger partial charge on any atom is -0.355 e. The fraction of sp³-hybridized carbons (Fsp3) is 0.0833. The van der Waals surface area contributed by atoms with Gasteiger partial charge in [-0.1, -0.05) is 11.6 Å². The molecule has 0 radical (unpaired) electrons. The van der Waals surface area contributed by atoms with E-state index >= 15 is 0 Å². The Kier molecular flexibility index (Phi) is 3.31. The van der Waals surface area contributed by atoms with Gasteiger partial charge in [0.1, 0.15) is 6.07 Å². The van der Waals surface area contributed by atoms with E-state index in [9.17, 15) is 4.79 Å². The number of aromatic nitrogens is 2. The number of nitrogens with one attached hydrogen (secondary N) is 1. The zero-order valence-corrected chi connectivity index (χ0v) is 10.3. The molecule has 0 fully saturated rings. The van der Waals surface area contributed by atoms with Gasteiger partial charge in [0.2, 0.25) is 0 Å². The highest BCUT2D eigenvalue weighted by Gasteiger charge is 2.16. The van der Waals surface area contributed by atoms with Crippen molar-refractivity contribution in [3.63, 3.8) is 0 Å². The molecule has 5 nitrogen and oxygen atoms in total. The molecule has 0 aliphatic rings. The maximum Gasteiger partial charge on any atom is 0.255 e. The Morgan fingerprint density at radius 1 is 1.44 bits per heavy atom. The number of rotatable bonds is 2. The molecule has 0 unspecified atom stereocenters. The van der Waals surface area contributed by atoms with E-state index in [1.54, 1.807) is 24.3 Å². The highest BCUT2D eigenvalue weighted by Crippen LogP contribution is 2.16. The van der Waals surface area contributed by atoms with Gasteiger partial charge in [0.25, 0.3) is 5.91 Å². The third-order valence-electron chi connectivity index (χ3n) is 2.42. The Hall–Kier alpha value is -2.32. The van der Waals surface area contributed by atoms with E-state index in [1.807, 2.05) is 6.07 Å². The first kappa shape index (κ1) is 12.1. The monoisotopic (exact) mass is 260 g/mol. The molecule has 0 aliphatic carbocycles. The molecule has 6 heteroatoms. The number of halogens is 1. The average Bonchev–Trinajstić information content (AvgIpc) is 2.82. The molecular weight excluding hydrogens is 252 g/mol. The van der Waals surface area contributed by atoms with Crippen LogP contribution in [0.1, 0.15) is 16.1 Å². The molecule has 1 heterocycles. The fourth-order valence-electron chi connectivity index (χ4n) is 1.53. The quantitative estimate of drug-likeness (QED) is 0.894. The zero-order valence-electron chi connectivity index (χ0n) is 9.51. The molecule has 2 rings (SSSR count). The maximum absolute atomic E-state index is 11.6. The normalized spacial score (nSPS) is 9.83. The number of nitriles is 1. The number of benzene rings is 1. The number of hydrogen-bond acceptors (Lipinski definition) is 3. The van der Waals surface area contributed by atoms with Crippen molar-refractivity contribution >= 4 is 17.5 Å². The Balaban J connectivity index is 2.53. The Morgan fingerprint density at radius 3 is 2.67 bits per heavy atom. The smallest absolute Gasteiger partial charge is 0.255 e. The Morgan fingerprint density at radius 2 is 2.11 bits per heavy atom. The van der Waals surface area contributed by atoms with Gasteiger partial charge in [-0.15, -0.1) is 0 Å². The van der Waals surface area contributed by atoms with E-state index in [2.05, 4.69) is 10.4 Å². The van der Waals surface area contributed by atoms with Crippen LogP contribution in [-0.4, -0.2) is 22.7 Å². The topological polar surface area (TPSA) is 70.7 Å². The highest BCUT2D eigenvalue weighted by molar-refractivity contribution is 6.30. The summed E-state index contributed by atoms with van der Waals surface area (Å²) in [6.45, 7) is 0. The van der Waals surface area contributed by atoms with Crippen LogP contribution in [0.4, 0.5) is 0 Å². The summed E-state index contributed by atoms with van der Waals surface area (Å²) in [6, 6.07) is 8.82. The molecule has 18 heavy (non-hydrogen) atoms. The lowest BCUT2D eigenvalue weighted by molar-refractivity contribution is 0.0963. The van der Waals surface area contributed by atoms with Crippen molar-refractivity contribution in [3.8, 4) is 11.8 Å². The fourth-order valence-corrected chi connectivity index (χ4v) is 1.66. The third kappa shape index (κ3) is 2.06. The van der Waals surface area contributed by atoms with E-state index in [-0.39, 0.29) is 17.2 Å². The van der Waals surface area contributed by atoms with E-state index < -0.39 is 0 Å². The van der Waals surface area contributed by atoms with Gasteiger partial charge in [0.05, 0.1) is 17.4 Å². The molecule has 1 aromatic heterocycles. The molecule has 0 atom stereocenters. The summed E-state index contributed by atoms with van der Waals surface area (Å²) in [7, 11) is 1.50.